The van der Waals surface area contributed by atoms with Crippen molar-refractivity contribution in [2.24, 2.45) is 0 Å². The minimum Gasteiger partial charge on any atom is -0.470 e. The Hall–Kier alpha value is -3.15. The fourth-order valence-electron chi connectivity index (χ4n) is 2.27. The number of carbonyl (C=O) groups excluding carboxylic acids is 1. The van der Waals surface area contributed by atoms with Crippen molar-refractivity contribution in [2.45, 2.75) is 12.5 Å². The number of ether oxygens (including phenoxy) is 1. The van der Waals surface area contributed by atoms with E-state index in [1.165, 1.54) is 18.6 Å². The minimum atomic E-state index is -0.423. The van der Waals surface area contributed by atoms with Crippen molar-refractivity contribution >= 4 is 5.91 Å². The highest BCUT2D eigenvalue weighted by atomic mass is 16.5. The van der Waals surface area contributed by atoms with Gasteiger partial charge in [-0.3, -0.25) is 4.79 Å². The first-order chi connectivity index (χ1) is 10.7. The van der Waals surface area contributed by atoms with E-state index in [0.29, 0.717) is 19.5 Å². The van der Waals surface area contributed by atoms with E-state index in [4.69, 9.17) is 10.00 Å². The Morgan fingerprint density at radius 3 is 3.00 bits per heavy atom. The second-order valence-corrected chi connectivity index (χ2v) is 4.76. The van der Waals surface area contributed by atoms with Gasteiger partial charge in [0.2, 0.25) is 5.69 Å². The van der Waals surface area contributed by atoms with E-state index in [1.807, 2.05) is 6.07 Å². The highest BCUT2D eigenvalue weighted by molar-refractivity contribution is 5.92. The SMILES string of the molecule is N#Cc1nccnc1OC1CCN(C(=O)c2c[nH]c(=O)[nH]2)C1. The lowest BCUT2D eigenvalue weighted by atomic mass is 10.3. The number of aromatic nitrogens is 4. The zero-order valence-electron chi connectivity index (χ0n) is 11.4. The van der Waals surface area contributed by atoms with Gasteiger partial charge in [0.05, 0.1) is 6.54 Å². The molecule has 1 aliphatic rings. The standard InChI is InChI=1S/C13H12N6O3/c14-5-9-11(16-3-2-15-9)22-8-1-4-19(7-8)12(20)10-6-17-13(21)18-10/h2-3,6,8H,1,4,7H2,(H2,17,18,21). The van der Waals surface area contributed by atoms with E-state index in [9.17, 15) is 9.59 Å². The third-order valence-electron chi connectivity index (χ3n) is 3.31. The lowest BCUT2D eigenvalue weighted by Gasteiger charge is -2.16. The molecule has 2 aromatic heterocycles. The van der Waals surface area contributed by atoms with Gasteiger partial charge in [-0.25, -0.2) is 14.8 Å². The topological polar surface area (TPSA) is 128 Å². The van der Waals surface area contributed by atoms with Crippen LogP contribution in [-0.4, -0.2) is 49.9 Å². The van der Waals surface area contributed by atoms with Gasteiger partial charge in [0.15, 0.2) is 0 Å². The van der Waals surface area contributed by atoms with Crippen molar-refractivity contribution < 1.29 is 9.53 Å². The van der Waals surface area contributed by atoms with Gasteiger partial charge < -0.3 is 19.6 Å². The van der Waals surface area contributed by atoms with Crippen LogP contribution in [0.3, 0.4) is 0 Å². The molecule has 0 aromatic carbocycles. The van der Waals surface area contributed by atoms with Crippen molar-refractivity contribution in [1.82, 2.24) is 24.8 Å². The van der Waals surface area contributed by atoms with Gasteiger partial charge in [-0.05, 0) is 0 Å². The Labute approximate surface area is 124 Å². The summed E-state index contributed by atoms with van der Waals surface area (Å²) in [5, 5.41) is 8.95. The van der Waals surface area contributed by atoms with Gasteiger partial charge in [0.1, 0.15) is 17.9 Å². The Balaban J connectivity index is 1.66. The quantitative estimate of drug-likeness (QED) is 0.798. The monoisotopic (exact) mass is 300 g/mol. The van der Waals surface area contributed by atoms with Crippen LogP contribution < -0.4 is 10.4 Å². The molecule has 0 aliphatic carbocycles. The Kier molecular flexibility index (Phi) is 3.57. The molecule has 0 spiro atoms. The van der Waals surface area contributed by atoms with Crippen LogP contribution in [0, 0.1) is 11.3 Å². The Morgan fingerprint density at radius 2 is 2.27 bits per heavy atom. The molecule has 1 fully saturated rings. The number of nitrogens with one attached hydrogen (secondary N) is 2. The van der Waals surface area contributed by atoms with Crippen molar-refractivity contribution in [3.8, 4) is 11.9 Å². The van der Waals surface area contributed by atoms with Gasteiger partial charge >= 0.3 is 5.69 Å². The van der Waals surface area contributed by atoms with E-state index in [-0.39, 0.29) is 29.3 Å². The highest BCUT2D eigenvalue weighted by Gasteiger charge is 2.29. The summed E-state index contributed by atoms with van der Waals surface area (Å²) < 4.78 is 5.65. The number of amides is 1. The van der Waals surface area contributed by atoms with Crippen molar-refractivity contribution in [3.05, 3.63) is 40.5 Å². The summed E-state index contributed by atoms with van der Waals surface area (Å²) >= 11 is 0. The van der Waals surface area contributed by atoms with Crippen LogP contribution in [0.15, 0.2) is 23.4 Å². The number of nitrogens with zero attached hydrogens (tertiary/aromatic N) is 4. The van der Waals surface area contributed by atoms with Gasteiger partial charge in [-0.15, -0.1) is 0 Å². The number of hydrogen-bond acceptors (Lipinski definition) is 6. The van der Waals surface area contributed by atoms with Crippen LogP contribution in [-0.2, 0) is 0 Å². The molecule has 0 radical (unpaired) electrons. The maximum Gasteiger partial charge on any atom is 0.323 e. The molecule has 1 unspecified atom stereocenters. The second kappa shape index (κ2) is 5.69. The predicted molar refractivity (Wildman–Crippen MR) is 73.1 cm³/mol. The molecule has 1 amide bonds. The van der Waals surface area contributed by atoms with Gasteiger partial charge in [0, 0.05) is 31.6 Å². The lowest BCUT2D eigenvalue weighted by molar-refractivity contribution is 0.0765. The van der Waals surface area contributed by atoms with Crippen molar-refractivity contribution in [2.75, 3.05) is 13.1 Å². The average molecular weight is 300 g/mol. The Bertz CT molecular complexity index is 789. The number of aromatic amines is 2. The van der Waals surface area contributed by atoms with Crippen molar-refractivity contribution in [3.63, 3.8) is 0 Å². The largest absolute Gasteiger partial charge is 0.470 e. The van der Waals surface area contributed by atoms with Crippen LogP contribution >= 0.6 is 0 Å². The van der Waals surface area contributed by atoms with Crippen LogP contribution in [0.1, 0.15) is 22.6 Å². The first kappa shape index (κ1) is 13.8. The number of rotatable bonds is 3. The summed E-state index contributed by atoms with van der Waals surface area (Å²) in [7, 11) is 0. The predicted octanol–water partition coefficient (Wildman–Crippen LogP) is -0.342. The van der Waals surface area contributed by atoms with E-state index in [1.54, 1.807) is 4.90 Å². The number of H-pyrrole nitrogens is 2. The molecule has 0 saturated carbocycles. The molecule has 9 heteroatoms. The van der Waals surface area contributed by atoms with Crippen LogP contribution in [0.5, 0.6) is 5.88 Å². The molecule has 22 heavy (non-hydrogen) atoms. The molecule has 9 nitrogen and oxygen atoms in total. The molecule has 3 rings (SSSR count). The number of imidazole rings is 1. The fourth-order valence-corrected chi connectivity index (χ4v) is 2.27. The lowest BCUT2D eigenvalue weighted by Crippen LogP contribution is -2.31. The molecular weight excluding hydrogens is 288 g/mol. The van der Waals surface area contributed by atoms with Gasteiger partial charge in [0.25, 0.3) is 11.8 Å². The zero-order valence-corrected chi connectivity index (χ0v) is 11.4. The highest BCUT2D eigenvalue weighted by Crippen LogP contribution is 2.19. The van der Waals surface area contributed by atoms with Crippen molar-refractivity contribution in [1.29, 1.82) is 5.26 Å². The molecule has 1 saturated heterocycles. The summed E-state index contributed by atoms with van der Waals surface area (Å²) in [4.78, 5) is 37.5. The number of carbonyl (C=O) groups is 1. The summed E-state index contributed by atoms with van der Waals surface area (Å²) in [6.07, 6.45) is 4.55. The molecule has 1 atom stereocenters. The van der Waals surface area contributed by atoms with E-state index in [2.05, 4.69) is 19.9 Å². The van der Waals surface area contributed by atoms with Gasteiger partial charge in [-0.1, -0.05) is 0 Å². The molecule has 0 bridgehead atoms. The van der Waals surface area contributed by atoms with Crippen LogP contribution in [0.4, 0.5) is 0 Å². The molecule has 3 heterocycles. The fraction of sp³-hybridized carbons (Fsp3) is 0.308. The Morgan fingerprint density at radius 1 is 1.45 bits per heavy atom. The van der Waals surface area contributed by atoms with E-state index >= 15 is 0 Å². The molecule has 2 N–H and O–H groups in total. The number of nitriles is 1. The van der Waals surface area contributed by atoms with Crippen LogP contribution in [0.25, 0.3) is 0 Å². The smallest absolute Gasteiger partial charge is 0.323 e. The molecule has 112 valence electrons. The van der Waals surface area contributed by atoms with Crippen LogP contribution in [0.2, 0.25) is 0 Å². The summed E-state index contributed by atoms with van der Waals surface area (Å²) in [5.41, 5.74) is -0.0984. The molecule has 1 aliphatic heterocycles. The van der Waals surface area contributed by atoms with E-state index < -0.39 is 5.69 Å². The summed E-state index contributed by atoms with van der Waals surface area (Å²) in [6, 6.07) is 1.91. The maximum atomic E-state index is 12.2. The number of hydrogen-bond donors (Lipinski definition) is 2. The third-order valence-corrected chi connectivity index (χ3v) is 3.31. The maximum absolute atomic E-state index is 12.2. The second-order valence-electron chi connectivity index (χ2n) is 4.76. The molecular formula is C13H12N6O3. The minimum absolute atomic E-state index is 0.113. The first-order valence-electron chi connectivity index (χ1n) is 6.62. The average Bonchev–Trinajstić information content (AvgIpc) is 3.16. The summed E-state index contributed by atoms with van der Waals surface area (Å²) in [6.45, 7) is 0.854. The molecule has 2 aromatic rings. The zero-order chi connectivity index (χ0) is 15.5. The van der Waals surface area contributed by atoms with E-state index in [0.717, 1.165) is 0 Å². The first-order valence-corrected chi connectivity index (χ1v) is 6.62. The van der Waals surface area contributed by atoms with Gasteiger partial charge in [-0.2, -0.15) is 5.26 Å². The number of likely N-dealkylation sites (tertiary alicyclic amines) is 1. The summed E-state index contributed by atoms with van der Waals surface area (Å²) in [5.74, 6) is -0.108. The third kappa shape index (κ3) is 2.67. The normalized spacial score (nSPS) is 17.2.